The van der Waals surface area contributed by atoms with Crippen LogP contribution in [0.5, 0.6) is 0 Å². The predicted molar refractivity (Wildman–Crippen MR) is 57.1 cm³/mol. The van der Waals surface area contributed by atoms with Gasteiger partial charge in [-0.05, 0) is 37.9 Å². The smallest absolute Gasteiger partial charge is 0.0489 e. The molecule has 78 valence electrons. The molecular formula is C11H19N3. The first-order chi connectivity index (χ1) is 6.95. The van der Waals surface area contributed by atoms with E-state index in [4.69, 9.17) is 0 Å². The van der Waals surface area contributed by atoms with E-state index < -0.39 is 0 Å². The Kier molecular flexibility index (Phi) is 3.57. The molecule has 1 N–H and O–H groups in total. The summed E-state index contributed by atoms with van der Waals surface area (Å²) in [5.41, 5.74) is 0. The van der Waals surface area contributed by atoms with Gasteiger partial charge in [0.15, 0.2) is 0 Å². The third-order valence-corrected chi connectivity index (χ3v) is 2.73. The van der Waals surface area contributed by atoms with Gasteiger partial charge in [0.2, 0.25) is 0 Å². The third kappa shape index (κ3) is 3.50. The quantitative estimate of drug-likeness (QED) is 0.667. The standard InChI is InChI=1S/C11H19N3/c1(9-14-10-2-7-13-14)6-12-8-5-11-3-4-11/h2,7,10-12H,1,3-6,8-9H2. The maximum Gasteiger partial charge on any atom is 0.0489 e. The molecule has 14 heavy (non-hydrogen) atoms. The Balaban J connectivity index is 1.43. The van der Waals surface area contributed by atoms with E-state index in [1.165, 1.54) is 32.2 Å². The average molecular weight is 193 g/mol. The zero-order chi connectivity index (χ0) is 9.64. The first-order valence-electron chi connectivity index (χ1n) is 5.63. The predicted octanol–water partition coefficient (Wildman–Crippen LogP) is 1.66. The molecule has 1 aliphatic rings. The van der Waals surface area contributed by atoms with Crippen LogP contribution in [0.3, 0.4) is 0 Å². The molecule has 1 heterocycles. The molecule has 0 atom stereocenters. The van der Waals surface area contributed by atoms with Crippen molar-refractivity contribution in [3.63, 3.8) is 0 Å². The SMILES string of the molecule is c1cnn(CCCNCCC2CC2)c1. The van der Waals surface area contributed by atoms with Crippen molar-refractivity contribution < 1.29 is 0 Å². The normalized spacial score (nSPS) is 16.0. The van der Waals surface area contributed by atoms with Crippen molar-refractivity contribution in [2.75, 3.05) is 13.1 Å². The fraction of sp³-hybridized carbons (Fsp3) is 0.727. The molecule has 3 heteroatoms. The van der Waals surface area contributed by atoms with Gasteiger partial charge in [-0.15, -0.1) is 0 Å². The van der Waals surface area contributed by atoms with Crippen molar-refractivity contribution in [3.8, 4) is 0 Å². The topological polar surface area (TPSA) is 29.9 Å². The fourth-order valence-electron chi connectivity index (χ4n) is 1.64. The van der Waals surface area contributed by atoms with Crippen LogP contribution in [0.25, 0.3) is 0 Å². The van der Waals surface area contributed by atoms with Gasteiger partial charge in [-0.1, -0.05) is 12.8 Å². The molecule has 0 aliphatic heterocycles. The number of nitrogens with zero attached hydrogens (tertiary/aromatic N) is 2. The fourth-order valence-corrected chi connectivity index (χ4v) is 1.64. The number of hydrogen-bond acceptors (Lipinski definition) is 2. The molecule has 0 unspecified atom stereocenters. The Morgan fingerprint density at radius 1 is 1.36 bits per heavy atom. The summed E-state index contributed by atoms with van der Waals surface area (Å²) in [7, 11) is 0. The van der Waals surface area contributed by atoms with Crippen molar-refractivity contribution in [3.05, 3.63) is 18.5 Å². The van der Waals surface area contributed by atoms with Gasteiger partial charge in [-0.25, -0.2) is 0 Å². The van der Waals surface area contributed by atoms with E-state index in [1.807, 2.05) is 23.1 Å². The molecule has 1 aromatic rings. The first-order valence-corrected chi connectivity index (χ1v) is 5.63. The summed E-state index contributed by atoms with van der Waals surface area (Å²) in [6.45, 7) is 3.35. The molecule has 1 fully saturated rings. The number of nitrogens with one attached hydrogen (secondary N) is 1. The van der Waals surface area contributed by atoms with Crippen LogP contribution in [0.1, 0.15) is 25.7 Å². The van der Waals surface area contributed by atoms with E-state index in [1.54, 1.807) is 0 Å². The van der Waals surface area contributed by atoms with Crippen LogP contribution in [-0.2, 0) is 6.54 Å². The lowest BCUT2D eigenvalue weighted by Gasteiger charge is -2.04. The summed E-state index contributed by atoms with van der Waals surface area (Å²) in [4.78, 5) is 0. The van der Waals surface area contributed by atoms with Crippen LogP contribution in [-0.4, -0.2) is 22.9 Å². The van der Waals surface area contributed by atoms with Crippen molar-refractivity contribution >= 4 is 0 Å². The lowest BCUT2D eigenvalue weighted by Crippen LogP contribution is -2.18. The van der Waals surface area contributed by atoms with Crippen LogP contribution in [0.4, 0.5) is 0 Å². The number of hydrogen-bond donors (Lipinski definition) is 1. The zero-order valence-electron chi connectivity index (χ0n) is 8.65. The lowest BCUT2D eigenvalue weighted by atomic mass is 10.3. The number of aromatic nitrogens is 2. The summed E-state index contributed by atoms with van der Waals surface area (Å²) in [6, 6.07) is 1.97. The van der Waals surface area contributed by atoms with Crippen molar-refractivity contribution in [2.24, 2.45) is 5.92 Å². The van der Waals surface area contributed by atoms with Gasteiger partial charge in [0, 0.05) is 18.9 Å². The van der Waals surface area contributed by atoms with E-state index in [-0.39, 0.29) is 0 Å². The van der Waals surface area contributed by atoms with E-state index in [2.05, 4.69) is 10.4 Å². The molecule has 0 bridgehead atoms. The summed E-state index contributed by atoms with van der Waals surface area (Å²) >= 11 is 0. The van der Waals surface area contributed by atoms with Gasteiger partial charge >= 0.3 is 0 Å². The zero-order valence-corrected chi connectivity index (χ0v) is 8.65. The molecule has 1 aromatic heterocycles. The van der Waals surface area contributed by atoms with Gasteiger partial charge in [0.1, 0.15) is 0 Å². The molecule has 1 saturated carbocycles. The molecule has 0 spiro atoms. The molecule has 0 radical (unpaired) electrons. The van der Waals surface area contributed by atoms with Crippen molar-refractivity contribution in [1.82, 2.24) is 15.1 Å². The highest BCUT2D eigenvalue weighted by molar-refractivity contribution is 4.77. The average Bonchev–Trinajstić information content (AvgIpc) is 2.87. The third-order valence-electron chi connectivity index (χ3n) is 2.73. The van der Waals surface area contributed by atoms with E-state index in [0.717, 1.165) is 19.0 Å². The largest absolute Gasteiger partial charge is 0.317 e. The Hall–Kier alpha value is -0.830. The van der Waals surface area contributed by atoms with Gasteiger partial charge < -0.3 is 5.32 Å². The summed E-state index contributed by atoms with van der Waals surface area (Å²) in [5.74, 6) is 1.05. The Morgan fingerprint density at radius 2 is 2.29 bits per heavy atom. The van der Waals surface area contributed by atoms with Gasteiger partial charge in [-0.3, -0.25) is 4.68 Å². The van der Waals surface area contributed by atoms with Crippen LogP contribution in [0.15, 0.2) is 18.5 Å². The number of rotatable bonds is 7. The monoisotopic (exact) mass is 193 g/mol. The van der Waals surface area contributed by atoms with Crippen LogP contribution < -0.4 is 5.32 Å². The highest BCUT2D eigenvalue weighted by Gasteiger charge is 2.19. The molecular weight excluding hydrogens is 174 g/mol. The Morgan fingerprint density at radius 3 is 3.00 bits per heavy atom. The lowest BCUT2D eigenvalue weighted by molar-refractivity contribution is 0.531. The second kappa shape index (κ2) is 5.15. The van der Waals surface area contributed by atoms with E-state index in [9.17, 15) is 0 Å². The van der Waals surface area contributed by atoms with E-state index >= 15 is 0 Å². The molecule has 3 nitrogen and oxygen atoms in total. The summed E-state index contributed by atoms with van der Waals surface area (Å²) in [6.07, 6.45) is 9.34. The first kappa shape index (κ1) is 9.71. The van der Waals surface area contributed by atoms with Crippen LogP contribution in [0.2, 0.25) is 0 Å². The summed E-state index contributed by atoms with van der Waals surface area (Å²) < 4.78 is 1.99. The van der Waals surface area contributed by atoms with Crippen LogP contribution >= 0.6 is 0 Å². The van der Waals surface area contributed by atoms with E-state index in [0.29, 0.717) is 0 Å². The molecule has 0 aromatic carbocycles. The maximum atomic E-state index is 4.16. The van der Waals surface area contributed by atoms with Crippen molar-refractivity contribution in [1.29, 1.82) is 0 Å². The van der Waals surface area contributed by atoms with Gasteiger partial charge in [-0.2, -0.15) is 5.10 Å². The van der Waals surface area contributed by atoms with Gasteiger partial charge in [0.05, 0.1) is 0 Å². The van der Waals surface area contributed by atoms with Gasteiger partial charge in [0.25, 0.3) is 0 Å². The second-order valence-corrected chi connectivity index (χ2v) is 4.10. The molecule has 2 rings (SSSR count). The maximum absolute atomic E-state index is 4.16. The number of aryl methyl sites for hydroxylation is 1. The van der Waals surface area contributed by atoms with Crippen LogP contribution in [0, 0.1) is 5.92 Å². The minimum Gasteiger partial charge on any atom is -0.317 e. The molecule has 1 aliphatic carbocycles. The molecule has 0 amide bonds. The Bertz CT molecular complexity index is 239. The highest BCUT2D eigenvalue weighted by Crippen LogP contribution is 2.31. The minimum absolute atomic E-state index is 1.03. The molecule has 0 saturated heterocycles. The minimum atomic E-state index is 1.03. The summed E-state index contributed by atoms with van der Waals surface area (Å²) in [5, 5.41) is 7.64. The van der Waals surface area contributed by atoms with Crippen molar-refractivity contribution in [2.45, 2.75) is 32.2 Å². The second-order valence-electron chi connectivity index (χ2n) is 4.10. The highest BCUT2D eigenvalue weighted by atomic mass is 15.3. The Labute approximate surface area is 85.5 Å².